The van der Waals surface area contributed by atoms with Gasteiger partial charge in [0.1, 0.15) is 13.2 Å². The van der Waals surface area contributed by atoms with Crippen LogP contribution in [0.25, 0.3) is 0 Å². The molecule has 0 atom stereocenters. The van der Waals surface area contributed by atoms with Gasteiger partial charge in [-0.25, -0.2) is 0 Å². The van der Waals surface area contributed by atoms with Gasteiger partial charge in [-0.3, -0.25) is 0 Å². The Balaban J connectivity index is 1.75. The maximum absolute atomic E-state index is 8.65. The normalized spacial score (nSPS) is 12.6. The lowest BCUT2D eigenvalue weighted by Crippen LogP contribution is -2.15. The first-order valence-corrected chi connectivity index (χ1v) is 6.48. The number of nitriles is 1. The fraction of sp³-hybridized carbons (Fsp3) is 0.188. The molecule has 0 unspecified atom stereocenters. The highest BCUT2D eigenvalue weighted by Gasteiger charge is 2.11. The summed E-state index contributed by atoms with van der Waals surface area (Å²) in [5.74, 6) is 1.55. The van der Waals surface area contributed by atoms with E-state index in [4.69, 9.17) is 14.7 Å². The molecule has 0 fully saturated rings. The minimum atomic E-state index is 0.435. The molecule has 4 nitrogen and oxygen atoms in total. The number of rotatable bonds is 3. The summed E-state index contributed by atoms with van der Waals surface area (Å²) in [5, 5.41) is 12.0. The molecule has 1 N–H and O–H groups in total. The number of hydrogen-bond acceptors (Lipinski definition) is 4. The molecule has 3 rings (SSSR count). The van der Waals surface area contributed by atoms with Crippen molar-refractivity contribution >= 4 is 11.4 Å². The van der Waals surface area contributed by atoms with Crippen LogP contribution in [-0.2, 0) is 6.42 Å². The Labute approximate surface area is 117 Å². The van der Waals surface area contributed by atoms with Gasteiger partial charge in [0, 0.05) is 17.4 Å². The van der Waals surface area contributed by atoms with Crippen LogP contribution in [0.4, 0.5) is 11.4 Å². The van der Waals surface area contributed by atoms with E-state index in [1.54, 1.807) is 0 Å². The second kappa shape index (κ2) is 5.54. The molecular weight excluding hydrogens is 252 g/mol. The number of fused-ring (bicyclic) bond motifs is 1. The summed E-state index contributed by atoms with van der Waals surface area (Å²) >= 11 is 0. The molecule has 0 radical (unpaired) electrons. The lowest BCUT2D eigenvalue weighted by atomic mass is 10.1. The average Bonchev–Trinajstić information content (AvgIpc) is 2.49. The van der Waals surface area contributed by atoms with Crippen molar-refractivity contribution in [3.05, 3.63) is 48.0 Å². The van der Waals surface area contributed by atoms with Gasteiger partial charge in [0.25, 0.3) is 0 Å². The third kappa shape index (κ3) is 2.67. The molecule has 1 aliphatic rings. The monoisotopic (exact) mass is 266 g/mol. The van der Waals surface area contributed by atoms with Crippen LogP contribution < -0.4 is 14.8 Å². The first-order valence-electron chi connectivity index (χ1n) is 6.48. The van der Waals surface area contributed by atoms with Gasteiger partial charge in [0.05, 0.1) is 12.5 Å². The molecule has 0 saturated carbocycles. The van der Waals surface area contributed by atoms with Crippen molar-refractivity contribution in [1.82, 2.24) is 0 Å². The van der Waals surface area contributed by atoms with Crippen LogP contribution in [-0.4, -0.2) is 13.2 Å². The first kappa shape index (κ1) is 12.4. The summed E-state index contributed by atoms with van der Waals surface area (Å²) in [6, 6.07) is 15.7. The Bertz CT molecular complexity index is 645. The molecule has 0 aliphatic carbocycles. The molecule has 1 heterocycles. The van der Waals surface area contributed by atoms with Crippen molar-refractivity contribution in [1.29, 1.82) is 5.26 Å². The molecule has 100 valence electrons. The molecule has 0 amide bonds. The van der Waals surface area contributed by atoms with Gasteiger partial charge in [-0.05, 0) is 29.8 Å². The minimum absolute atomic E-state index is 0.435. The summed E-state index contributed by atoms with van der Waals surface area (Å²) < 4.78 is 11.0. The lowest BCUT2D eigenvalue weighted by Gasteiger charge is -2.19. The van der Waals surface area contributed by atoms with Crippen LogP contribution in [0.3, 0.4) is 0 Å². The molecular formula is C16H14N2O2. The van der Waals surface area contributed by atoms with Gasteiger partial charge >= 0.3 is 0 Å². The SMILES string of the molecule is N#CCc1ccc(Nc2ccc3c(c2)OCCO3)cc1. The quantitative estimate of drug-likeness (QED) is 0.926. The average molecular weight is 266 g/mol. The van der Waals surface area contributed by atoms with E-state index in [9.17, 15) is 0 Å². The Morgan fingerprint density at radius 2 is 1.65 bits per heavy atom. The molecule has 2 aromatic rings. The van der Waals surface area contributed by atoms with E-state index in [0.29, 0.717) is 19.6 Å². The summed E-state index contributed by atoms with van der Waals surface area (Å²) in [5.41, 5.74) is 2.94. The maximum atomic E-state index is 8.65. The van der Waals surface area contributed by atoms with Crippen molar-refractivity contribution in [3.8, 4) is 17.6 Å². The third-order valence-corrected chi connectivity index (χ3v) is 3.07. The molecule has 20 heavy (non-hydrogen) atoms. The van der Waals surface area contributed by atoms with E-state index in [0.717, 1.165) is 28.4 Å². The fourth-order valence-electron chi connectivity index (χ4n) is 2.08. The zero-order chi connectivity index (χ0) is 13.8. The third-order valence-electron chi connectivity index (χ3n) is 3.07. The summed E-state index contributed by atoms with van der Waals surface area (Å²) in [4.78, 5) is 0. The van der Waals surface area contributed by atoms with Crippen molar-refractivity contribution in [2.24, 2.45) is 0 Å². The standard InChI is InChI=1S/C16H14N2O2/c17-8-7-12-1-3-13(4-2-12)18-14-5-6-15-16(11-14)20-10-9-19-15/h1-6,11,18H,7,9-10H2. The highest BCUT2D eigenvalue weighted by atomic mass is 16.6. The summed E-state index contributed by atoms with van der Waals surface area (Å²) in [7, 11) is 0. The highest BCUT2D eigenvalue weighted by molar-refractivity contribution is 5.64. The van der Waals surface area contributed by atoms with E-state index >= 15 is 0 Å². The van der Waals surface area contributed by atoms with Gasteiger partial charge in [-0.1, -0.05) is 12.1 Å². The van der Waals surface area contributed by atoms with Gasteiger partial charge in [0.15, 0.2) is 11.5 Å². The van der Waals surface area contributed by atoms with E-state index < -0.39 is 0 Å². The second-order valence-electron chi connectivity index (χ2n) is 4.52. The molecule has 2 aromatic carbocycles. The topological polar surface area (TPSA) is 54.3 Å². The van der Waals surface area contributed by atoms with E-state index in [2.05, 4.69) is 11.4 Å². The largest absolute Gasteiger partial charge is 0.486 e. The Hall–Kier alpha value is -2.67. The van der Waals surface area contributed by atoms with Crippen LogP contribution >= 0.6 is 0 Å². The highest BCUT2D eigenvalue weighted by Crippen LogP contribution is 2.33. The van der Waals surface area contributed by atoms with E-state index in [-0.39, 0.29) is 0 Å². The molecule has 0 bridgehead atoms. The van der Waals surface area contributed by atoms with E-state index in [1.807, 2.05) is 42.5 Å². The Kier molecular flexibility index (Phi) is 3.42. The van der Waals surface area contributed by atoms with Crippen molar-refractivity contribution in [2.75, 3.05) is 18.5 Å². The molecule has 0 aromatic heterocycles. The summed E-state index contributed by atoms with van der Waals surface area (Å²) in [6.07, 6.45) is 0.435. The minimum Gasteiger partial charge on any atom is -0.486 e. The van der Waals surface area contributed by atoms with Crippen molar-refractivity contribution < 1.29 is 9.47 Å². The predicted octanol–water partition coefficient (Wildman–Crippen LogP) is 3.27. The second-order valence-corrected chi connectivity index (χ2v) is 4.52. The van der Waals surface area contributed by atoms with Gasteiger partial charge in [0.2, 0.25) is 0 Å². The smallest absolute Gasteiger partial charge is 0.163 e. The maximum Gasteiger partial charge on any atom is 0.163 e. The van der Waals surface area contributed by atoms with Gasteiger partial charge in [-0.15, -0.1) is 0 Å². The number of ether oxygens (including phenoxy) is 2. The van der Waals surface area contributed by atoms with Crippen LogP contribution in [0.5, 0.6) is 11.5 Å². The van der Waals surface area contributed by atoms with Gasteiger partial charge < -0.3 is 14.8 Å². The summed E-state index contributed by atoms with van der Waals surface area (Å²) in [6.45, 7) is 1.18. The van der Waals surface area contributed by atoms with Crippen LogP contribution in [0.2, 0.25) is 0 Å². The van der Waals surface area contributed by atoms with Crippen LogP contribution in [0.1, 0.15) is 5.56 Å². The van der Waals surface area contributed by atoms with Crippen LogP contribution in [0, 0.1) is 11.3 Å². The zero-order valence-electron chi connectivity index (χ0n) is 10.9. The van der Waals surface area contributed by atoms with Crippen molar-refractivity contribution in [3.63, 3.8) is 0 Å². The molecule has 4 heteroatoms. The Morgan fingerprint density at radius 1 is 0.950 bits per heavy atom. The number of benzene rings is 2. The number of anilines is 2. The lowest BCUT2D eigenvalue weighted by molar-refractivity contribution is 0.171. The predicted molar refractivity (Wildman–Crippen MR) is 76.5 cm³/mol. The molecule has 0 spiro atoms. The van der Waals surface area contributed by atoms with E-state index in [1.165, 1.54) is 0 Å². The first-order chi connectivity index (χ1) is 9.85. The van der Waals surface area contributed by atoms with Crippen molar-refractivity contribution in [2.45, 2.75) is 6.42 Å². The number of nitrogens with zero attached hydrogens (tertiary/aromatic N) is 1. The fourth-order valence-corrected chi connectivity index (χ4v) is 2.08. The number of hydrogen-bond donors (Lipinski definition) is 1. The number of nitrogens with one attached hydrogen (secondary N) is 1. The molecule has 0 saturated heterocycles. The molecule has 1 aliphatic heterocycles. The Morgan fingerprint density at radius 3 is 2.40 bits per heavy atom. The zero-order valence-corrected chi connectivity index (χ0v) is 10.9. The van der Waals surface area contributed by atoms with Crippen LogP contribution in [0.15, 0.2) is 42.5 Å². The van der Waals surface area contributed by atoms with Gasteiger partial charge in [-0.2, -0.15) is 5.26 Å².